The lowest BCUT2D eigenvalue weighted by atomic mass is 10.1. The van der Waals surface area contributed by atoms with Crippen LogP contribution >= 0.6 is 27.5 Å². The first kappa shape index (κ1) is 12.3. The van der Waals surface area contributed by atoms with Gasteiger partial charge in [0.25, 0.3) is 0 Å². The van der Waals surface area contributed by atoms with Crippen molar-refractivity contribution in [1.29, 1.82) is 0 Å². The zero-order valence-corrected chi connectivity index (χ0v) is 11.1. The van der Waals surface area contributed by atoms with Gasteiger partial charge in [0, 0.05) is 11.5 Å². The highest BCUT2D eigenvalue weighted by Crippen LogP contribution is 2.28. The molecule has 0 fully saturated rings. The van der Waals surface area contributed by atoms with E-state index in [1.165, 1.54) is 29.2 Å². The van der Waals surface area contributed by atoms with Gasteiger partial charge in [0.05, 0.1) is 23.1 Å². The molecule has 0 aliphatic carbocycles. The highest BCUT2D eigenvalue weighted by Gasteiger charge is 2.19. The topological polar surface area (TPSA) is 34.9 Å². The monoisotopic (exact) mass is 316 g/mol. The molecule has 1 heterocycles. The minimum Gasteiger partial charge on any atom is -0.331 e. The normalized spacial score (nSPS) is 10.6. The van der Waals surface area contributed by atoms with Gasteiger partial charge in [0.1, 0.15) is 5.69 Å². The molecular weight excluding hydrogens is 310 g/mol. The standard InChI is InChI=1S/C11H7BrClFN2O/c1-16-5-15-4-8(16)11(17)6-2-3-7(12)9(13)10(6)14/h2-5H,1H3. The molecule has 0 bridgehead atoms. The van der Waals surface area contributed by atoms with E-state index in [2.05, 4.69) is 20.9 Å². The van der Waals surface area contributed by atoms with Crippen LogP contribution in [-0.2, 0) is 7.05 Å². The Morgan fingerprint density at radius 3 is 2.82 bits per heavy atom. The van der Waals surface area contributed by atoms with E-state index in [1.807, 2.05) is 0 Å². The van der Waals surface area contributed by atoms with Gasteiger partial charge < -0.3 is 4.57 Å². The third kappa shape index (κ3) is 2.12. The van der Waals surface area contributed by atoms with Crippen molar-refractivity contribution in [2.24, 2.45) is 7.05 Å². The molecule has 2 aromatic rings. The number of hydrogen-bond acceptors (Lipinski definition) is 2. The minimum atomic E-state index is -0.729. The number of hydrogen-bond donors (Lipinski definition) is 0. The van der Waals surface area contributed by atoms with E-state index >= 15 is 0 Å². The summed E-state index contributed by atoms with van der Waals surface area (Å²) in [4.78, 5) is 15.9. The lowest BCUT2D eigenvalue weighted by Gasteiger charge is -2.05. The third-order valence-electron chi connectivity index (χ3n) is 2.33. The molecule has 0 amide bonds. The molecule has 0 aliphatic rings. The van der Waals surface area contributed by atoms with Crippen molar-refractivity contribution in [2.45, 2.75) is 0 Å². The van der Waals surface area contributed by atoms with Gasteiger partial charge in [-0.3, -0.25) is 4.79 Å². The number of benzene rings is 1. The summed E-state index contributed by atoms with van der Waals surface area (Å²) in [6.45, 7) is 0. The van der Waals surface area contributed by atoms with Gasteiger partial charge >= 0.3 is 0 Å². The average molecular weight is 318 g/mol. The summed E-state index contributed by atoms with van der Waals surface area (Å²) in [6.07, 6.45) is 2.86. The Morgan fingerprint density at radius 1 is 1.53 bits per heavy atom. The molecule has 17 heavy (non-hydrogen) atoms. The summed E-state index contributed by atoms with van der Waals surface area (Å²) in [5.41, 5.74) is 0.240. The van der Waals surface area contributed by atoms with E-state index in [9.17, 15) is 9.18 Å². The van der Waals surface area contributed by atoms with Crippen LogP contribution in [0.15, 0.2) is 29.1 Å². The van der Waals surface area contributed by atoms with Crippen LogP contribution in [0.25, 0.3) is 0 Å². The smallest absolute Gasteiger partial charge is 0.213 e. The van der Waals surface area contributed by atoms with Crippen LogP contribution in [0.3, 0.4) is 0 Å². The Hall–Kier alpha value is -1.20. The molecule has 2 rings (SSSR count). The lowest BCUT2D eigenvalue weighted by molar-refractivity contribution is 0.102. The molecule has 0 unspecified atom stereocenters. The largest absolute Gasteiger partial charge is 0.331 e. The summed E-state index contributed by atoms with van der Waals surface area (Å²) < 4.78 is 15.8. The van der Waals surface area contributed by atoms with Crippen molar-refractivity contribution in [2.75, 3.05) is 0 Å². The highest BCUT2D eigenvalue weighted by atomic mass is 79.9. The van der Waals surface area contributed by atoms with E-state index in [0.29, 0.717) is 10.2 Å². The number of carbonyl (C=O) groups is 1. The fourth-order valence-corrected chi connectivity index (χ4v) is 1.89. The molecule has 0 saturated heterocycles. The number of aromatic nitrogens is 2. The first-order valence-corrected chi connectivity index (χ1v) is 5.84. The SMILES string of the molecule is Cn1cncc1C(=O)c1ccc(Br)c(Cl)c1F. The lowest BCUT2D eigenvalue weighted by Crippen LogP contribution is -2.09. The van der Waals surface area contributed by atoms with Gasteiger partial charge in [-0.2, -0.15) is 0 Å². The number of aryl methyl sites for hydroxylation is 1. The Balaban J connectivity index is 2.53. The fraction of sp³-hybridized carbons (Fsp3) is 0.0909. The number of nitrogens with zero attached hydrogens (tertiary/aromatic N) is 2. The van der Waals surface area contributed by atoms with Crippen LogP contribution in [0.5, 0.6) is 0 Å². The first-order valence-electron chi connectivity index (χ1n) is 4.67. The van der Waals surface area contributed by atoms with Crippen LogP contribution in [0.4, 0.5) is 4.39 Å². The second kappa shape index (κ2) is 4.58. The fourth-order valence-electron chi connectivity index (χ4n) is 1.42. The second-order valence-corrected chi connectivity index (χ2v) is 4.67. The molecule has 0 atom stereocenters. The molecule has 88 valence electrons. The number of ketones is 1. The molecule has 0 aliphatic heterocycles. The Morgan fingerprint density at radius 2 is 2.24 bits per heavy atom. The van der Waals surface area contributed by atoms with E-state index in [1.54, 1.807) is 7.05 Å². The van der Waals surface area contributed by atoms with Gasteiger partial charge in [0.2, 0.25) is 5.78 Å². The summed E-state index contributed by atoms with van der Waals surface area (Å²) in [5, 5.41) is -0.0991. The Labute approximate surface area is 110 Å². The number of imidazole rings is 1. The van der Waals surface area contributed by atoms with E-state index in [0.717, 1.165) is 0 Å². The minimum absolute atomic E-state index is 0.0678. The van der Waals surface area contributed by atoms with Gasteiger partial charge in [-0.05, 0) is 28.1 Å². The maximum atomic E-state index is 13.8. The molecule has 0 saturated carbocycles. The van der Waals surface area contributed by atoms with Crippen molar-refractivity contribution in [3.63, 3.8) is 0 Å². The number of carbonyl (C=O) groups excluding carboxylic acids is 1. The van der Waals surface area contributed by atoms with Crippen molar-refractivity contribution >= 4 is 33.3 Å². The molecule has 0 N–H and O–H groups in total. The Bertz CT molecular complexity index is 597. The van der Waals surface area contributed by atoms with Crippen molar-refractivity contribution in [3.8, 4) is 0 Å². The predicted octanol–water partition coefficient (Wildman–Crippen LogP) is 3.21. The number of halogens is 3. The number of rotatable bonds is 2. The molecule has 0 spiro atoms. The zero-order valence-electron chi connectivity index (χ0n) is 8.75. The van der Waals surface area contributed by atoms with Gasteiger partial charge in [-0.1, -0.05) is 11.6 Å². The maximum Gasteiger partial charge on any atom is 0.213 e. The van der Waals surface area contributed by atoms with Crippen LogP contribution in [0.1, 0.15) is 16.1 Å². The second-order valence-electron chi connectivity index (χ2n) is 3.44. The summed E-state index contributed by atoms with van der Waals surface area (Å²) in [7, 11) is 1.67. The summed E-state index contributed by atoms with van der Waals surface area (Å²) >= 11 is 8.82. The molecule has 3 nitrogen and oxygen atoms in total. The highest BCUT2D eigenvalue weighted by molar-refractivity contribution is 9.10. The average Bonchev–Trinajstić information content (AvgIpc) is 2.72. The van der Waals surface area contributed by atoms with E-state index in [-0.39, 0.29) is 10.6 Å². The maximum absolute atomic E-state index is 13.8. The molecule has 1 aromatic heterocycles. The van der Waals surface area contributed by atoms with Gasteiger partial charge in [-0.15, -0.1) is 0 Å². The van der Waals surface area contributed by atoms with Crippen LogP contribution in [-0.4, -0.2) is 15.3 Å². The van der Waals surface area contributed by atoms with Crippen LogP contribution in [0.2, 0.25) is 5.02 Å². The van der Waals surface area contributed by atoms with E-state index in [4.69, 9.17) is 11.6 Å². The van der Waals surface area contributed by atoms with Crippen molar-refractivity contribution in [1.82, 2.24) is 9.55 Å². The Kier molecular flexibility index (Phi) is 3.31. The first-order chi connectivity index (χ1) is 8.02. The molecule has 0 radical (unpaired) electrons. The quantitative estimate of drug-likeness (QED) is 0.630. The van der Waals surface area contributed by atoms with E-state index < -0.39 is 11.6 Å². The third-order valence-corrected chi connectivity index (χ3v) is 3.59. The summed E-state index contributed by atoms with van der Waals surface area (Å²) in [6, 6.07) is 2.93. The van der Waals surface area contributed by atoms with Gasteiger partial charge in [0.15, 0.2) is 5.82 Å². The van der Waals surface area contributed by atoms with Crippen molar-refractivity contribution < 1.29 is 9.18 Å². The van der Waals surface area contributed by atoms with Crippen LogP contribution in [0, 0.1) is 5.82 Å². The predicted molar refractivity (Wildman–Crippen MR) is 65.8 cm³/mol. The molecule has 6 heteroatoms. The zero-order chi connectivity index (χ0) is 12.6. The molecular formula is C11H7BrClFN2O. The van der Waals surface area contributed by atoms with Gasteiger partial charge in [-0.25, -0.2) is 9.37 Å². The van der Waals surface area contributed by atoms with Crippen LogP contribution < -0.4 is 0 Å². The molecule has 1 aromatic carbocycles. The van der Waals surface area contributed by atoms with Crippen molar-refractivity contribution in [3.05, 3.63) is 51.2 Å². The summed E-state index contributed by atoms with van der Waals surface area (Å²) in [5.74, 6) is -1.18.